The fraction of sp³-hybridized carbons (Fsp3) is 0.214. The van der Waals surface area contributed by atoms with Gasteiger partial charge in [-0.1, -0.05) is 73.3 Å². The molecule has 0 bridgehead atoms. The summed E-state index contributed by atoms with van der Waals surface area (Å²) < 4.78 is 0.935. The number of nitrogens with two attached hydrogens (primary N) is 1. The molecular weight excluding hydrogens is 460 g/mol. The third kappa shape index (κ3) is 9.48. The van der Waals surface area contributed by atoms with Crippen molar-refractivity contribution in [1.82, 2.24) is 9.88 Å². The SMILES string of the molecule is C/C(N)=C(/C=NCc1ccccn1)c1ccccc1.C=CC=C.CN1CCc2cc(Cl)sc2C1. The molecule has 0 atom stereocenters. The van der Waals surface area contributed by atoms with E-state index in [1.165, 1.54) is 17.0 Å². The molecule has 2 N–H and O–H groups in total. The van der Waals surface area contributed by atoms with Crippen LogP contribution in [0.2, 0.25) is 4.34 Å². The number of likely N-dealkylation sites (N-methyl/N-ethyl adjacent to an activating group) is 1. The van der Waals surface area contributed by atoms with E-state index in [4.69, 9.17) is 17.3 Å². The van der Waals surface area contributed by atoms with Crippen LogP contribution in [0.3, 0.4) is 0 Å². The van der Waals surface area contributed by atoms with Crippen LogP contribution in [0.25, 0.3) is 5.57 Å². The Bertz CT molecular complexity index is 1080. The number of nitrogens with zero attached hydrogens (tertiary/aromatic N) is 3. The molecule has 3 aromatic rings. The molecule has 1 aliphatic rings. The number of allylic oxidation sites excluding steroid dienone is 4. The molecule has 0 radical (unpaired) electrons. The summed E-state index contributed by atoms with van der Waals surface area (Å²) in [6.07, 6.45) is 8.03. The van der Waals surface area contributed by atoms with Crippen molar-refractivity contribution in [3.8, 4) is 0 Å². The molecule has 0 spiro atoms. The standard InChI is InChI=1S/C16H17N3.C8H10ClNS.C4H6/c1-13(17)16(14-7-3-2-4-8-14)12-18-11-15-9-5-6-10-19-15;1-10-3-2-6-4-8(9)11-7(6)5-10;1-3-4-2/h2-10,12H,11,17H2,1H3;4H,2-3,5H2,1H3;3-4H,1-2H2/b16-13+,18-12?;;. The molecule has 0 aliphatic carbocycles. The molecule has 34 heavy (non-hydrogen) atoms. The van der Waals surface area contributed by atoms with Crippen LogP contribution in [0.15, 0.2) is 96.8 Å². The zero-order valence-electron chi connectivity index (χ0n) is 20.0. The number of hydrogen-bond donors (Lipinski definition) is 1. The van der Waals surface area contributed by atoms with Gasteiger partial charge in [-0.05, 0) is 49.7 Å². The molecule has 0 fully saturated rings. The first-order chi connectivity index (χ1) is 16.4. The third-order valence-corrected chi connectivity index (χ3v) is 6.21. The molecule has 6 heteroatoms. The van der Waals surface area contributed by atoms with Gasteiger partial charge in [0.15, 0.2) is 0 Å². The van der Waals surface area contributed by atoms with E-state index in [0.29, 0.717) is 6.54 Å². The Labute approximate surface area is 212 Å². The lowest BCUT2D eigenvalue weighted by Crippen LogP contribution is -2.24. The number of aromatic nitrogens is 1. The lowest BCUT2D eigenvalue weighted by Gasteiger charge is -2.21. The zero-order chi connectivity index (χ0) is 24.8. The van der Waals surface area contributed by atoms with Gasteiger partial charge in [0.1, 0.15) is 0 Å². The predicted octanol–water partition coefficient (Wildman–Crippen LogP) is 6.79. The quantitative estimate of drug-likeness (QED) is 0.315. The van der Waals surface area contributed by atoms with E-state index in [1.54, 1.807) is 29.7 Å². The highest BCUT2D eigenvalue weighted by molar-refractivity contribution is 7.16. The Kier molecular flexibility index (Phi) is 12.0. The van der Waals surface area contributed by atoms with Crippen molar-refractivity contribution in [2.45, 2.75) is 26.4 Å². The van der Waals surface area contributed by atoms with Crippen molar-refractivity contribution < 1.29 is 0 Å². The van der Waals surface area contributed by atoms with Gasteiger partial charge < -0.3 is 10.6 Å². The maximum Gasteiger partial charge on any atom is 0.0934 e. The maximum absolute atomic E-state index is 5.92. The fourth-order valence-electron chi connectivity index (χ4n) is 3.15. The van der Waals surface area contributed by atoms with Crippen LogP contribution in [-0.4, -0.2) is 29.7 Å². The Morgan fingerprint density at radius 1 is 1.18 bits per heavy atom. The minimum absolute atomic E-state index is 0.560. The highest BCUT2D eigenvalue weighted by atomic mass is 35.5. The largest absolute Gasteiger partial charge is 0.402 e. The van der Waals surface area contributed by atoms with E-state index in [-0.39, 0.29) is 0 Å². The number of rotatable bonds is 5. The van der Waals surface area contributed by atoms with Crippen molar-refractivity contribution >= 4 is 34.7 Å². The van der Waals surface area contributed by atoms with Crippen molar-refractivity contribution in [2.24, 2.45) is 10.7 Å². The number of halogens is 1. The molecule has 2 aromatic heterocycles. The molecule has 4 nitrogen and oxygen atoms in total. The highest BCUT2D eigenvalue weighted by Gasteiger charge is 2.15. The Balaban J connectivity index is 0.000000228. The summed E-state index contributed by atoms with van der Waals surface area (Å²) in [5.41, 5.74) is 11.1. The van der Waals surface area contributed by atoms with Crippen LogP contribution >= 0.6 is 22.9 Å². The molecule has 0 saturated carbocycles. The van der Waals surface area contributed by atoms with Gasteiger partial charge in [-0.3, -0.25) is 9.98 Å². The van der Waals surface area contributed by atoms with E-state index in [0.717, 1.165) is 39.8 Å². The minimum Gasteiger partial charge on any atom is -0.402 e. The molecule has 178 valence electrons. The number of aliphatic imine (C=N–C) groups is 1. The second-order valence-corrected chi connectivity index (χ2v) is 9.48. The molecule has 3 heterocycles. The Morgan fingerprint density at radius 2 is 1.88 bits per heavy atom. The van der Waals surface area contributed by atoms with Gasteiger partial charge in [-0.2, -0.15) is 0 Å². The van der Waals surface area contributed by atoms with E-state index < -0.39 is 0 Å². The summed E-state index contributed by atoms with van der Waals surface area (Å²) in [4.78, 5) is 12.4. The summed E-state index contributed by atoms with van der Waals surface area (Å²) in [5, 5.41) is 0. The lowest BCUT2D eigenvalue weighted by molar-refractivity contribution is 0.317. The second kappa shape index (κ2) is 15.0. The minimum atomic E-state index is 0.560. The first kappa shape index (κ1) is 27.3. The van der Waals surface area contributed by atoms with E-state index >= 15 is 0 Å². The average molecular weight is 493 g/mol. The number of thiophene rings is 1. The number of hydrogen-bond acceptors (Lipinski definition) is 5. The monoisotopic (exact) mass is 492 g/mol. The topological polar surface area (TPSA) is 54.5 Å². The van der Waals surface area contributed by atoms with E-state index in [2.05, 4.69) is 41.1 Å². The van der Waals surface area contributed by atoms with E-state index in [1.807, 2.05) is 61.7 Å². The smallest absolute Gasteiger partial charge is 0.0934 e. The normalized spacial score (nSPS) is 13.5. The van der Waals surface area contributed by atoms with Gasteiger partial charge in [-0.25, -0.2) is 0 Å². The summed E-state index contributed by atoms with van der Waals surface area (Å²) in [6.45, 7) is 11.4. The highest BCUT2D eigenvalue weighted by Crippen LogP contribution is 2.30. The average Bonchev–Trinajstić information content (AvgIpc) is 3.22. The summed E-state index contributed by atoms with van der Waals surface area (Å²) in [5.74, 6) is 0. The maximum atomic E-state index is 5.92. The van der Waals surface area contributed by atoms with E-state index in [9.17, 15) is 0 Å². The number of fused-ring (bicyclic) bond motifs is 1. The van der Waals surface area contributed by atoms with Crippen LogP contribution in [-0.2, 0) is 19.5 Å². The van der Waals surface area contributed by atoms with Crippen molar-refractivity contribution in [3.05, 3.63) is 118 Å². The number of benzene rings is 1. The first-order valence-electron chi connectivity index (χ1n) is 11.0. The van der Waals surface area contributed by atoms with Gasteiger partial charge >= 0.3 is 0 Å². The van der Waals surface area contributed by atoms with Gasteiger partial charge in [0.25, 0.3) is 0 Å². The van der Waals surface area contributed by atoms with Crippen LogP contribution in [0.5, 0.6) is 0 Å². The molecule has 1 aliphatic heterocycles. The molecule has 4 rings (SSSR count). The van der Waals surface area contributed by atoms with Gasteiger partial charge in [0, 0.05) is 41.6 Å². The lowest BCUT2D eigenvalue weighted by atomic mass is 10.1. The Morgan fingerprint density at radius 3 is 2.50 bits per heavy atom. The number of pyridine rings is 1. The summed E-state index contributed by atoms with van der Waals surface area (Å²) in [6, 6.07) is 17.9. The molecule has 0 amide bonds. The van der Waals surface area contributed by atoms with Crippen LogP contribution in [0, 0.1) is 0 Å². The summed E-state index contributed by atoms with van der Waals surface area (Å²) in [7, 11) is 2.15. The van der Waals surface area contributed by atoms with Gasteiger partial charge in [0.2, 0.25) is 0 Å². The molecule has 1 aromatic carbocycles. The van der Waals surface area contributed by atoms with Gasteiger partial charge in [0.05, 0.1) is 16.6 Å². The Hall–Kier alpha value is -2.99. The second-order valence-electron chi connectivity index (χ2n) is 7.71. The predicted molar refractivity (Wildman–Crippen MR) is 149 cm³/mol. The van der Waals surface area contributed by atoms with Crippen LogP contribution in [0.4, 0.5) is 0 Å². The summed E-state index contributed by atoms with van der Waals surface area (Å²) >= 11 is 7.62. The molecule has 0 saturated heterocycles. The van der Waals surface area contributed by atoms with Crippen molar-refractivity contribution in [2.75, 3.05) is 13.6 Å². The van der Waals surface area contributed by atoms with Crippen LogP contribution in [0.1, 0.15) is 28.6 Å². The van der Waals surface area contributed by atoms with Crippen molar-refractivity contribution in [3.63, 3.8) is 0 Å². The molecular formula is C28H33ClN4S. The first-order valence-corrected chi connectivity index (χ1v) is 12.2. The third-order valence-electron chi connectivity index (χ3n) is 4.92. The van der Waals surface area contributed by atoms with Crippen LogP contribution < -0.4 is 5.73 Å². The van der Waals surface area contributed by atoms with Gasteiger partial charge in [-0.15, -0.1) is 11.3 Å². The molecule has 0 unspecified atom stereocenters. The zero-order valence-corrected chi connectivity index (χ0v) is 21.5. The fourth-order valence-corrected chi connectivity index (χ4v) is 4.58. The van der Waals surface area contributed by atoms with Crippen molar-refractivity contribution in [1.29, 1.82) is 0 Å².